The van der Waals surface area contributed by atoms with Gasteiger partial charge in [0.25, 0.3) is 0 Å². The quantitative estimate of drug-likeness (QED) is 0.145. The van der Waals surface area contributed by atoms with Gasteiger partial charge in [-0.05, 0) is 69.1 Å². The van der Waals surface area contributed by atoms with Crippen molar-refractivity contribution in [1.29, 1.82) is 0 Å². The zero-order chi connectivity index (χ0) is 26.2. The van der Waals surface area contributed by atoms with Crippen LogP contribution >= 0.6 is 11.8 Å². The Morgan fingerprint density at radius 3 is 2.46 bits per heavy atom. The molecule has 0 saturated carbocycles. The molecule has 0 unspecified atom stereocenters. The highest BCUT2D eigenvalue weighted by Crippen LogP contribution is 2.31. The number of carbonyl (C=O) groups excluding carboxylic acids is 1. The van der Waals surface area contributed by atoms with Crippen molar-refractivity contribution in [2.45, 2.75) is 59.3 Å². The molecule has 0 spiro atoms. The lowest BCUT2D eigenvalue weighted by Gasteiger charge is -2.24. The average Bonchev–Trinajstić information content (AvgIpc) is 2.84. The van der Waals surface area contributed by atoms with E-state index < -0.39 is 0 Å². The monoisotopic (exact) mass is 492 g/mol. The van der Waals surface area contributed by atoms with Crippen molar-refractivity contribution in [3.05, 3.63) is 101 Å². The number of aromatic nitrogens is 2. The van der Waals surface area contributed by atoms with Crippen LogP contribution in [-0.2, 0) is 11.2 Å². The first-order valence-electron chi connectivity index (χ1n) is 11.8. The van der Waals surface area contributed by atoms with Crippen LogP contribution in [0, 0.1) is 0 Å². The zero-order valence-corrected chi connectivity index (χ0v) is 22.6. The van der Waals surface area contributed by atoms with E-state index in [9.17, 15) is 4.79 Å². The lowest BCUT2D eigenvalue weighted by Crippen LogP contribution is -2.14. The molecule has 0 aliphatic heterocycles. The van der Waals surface area contributed by atoms with E-state index >= 15 is 0 Å². The van der Waals surface area contributed by atoms with Gasteiger partial charge in [0.15, 0.2) is 5.82 Å². The Hall–Kier alpha value is -3.12. The van der Waals surface area contributed by atoms with Gasteiger partial charge in [-0.25, -0.2) is 0 Å². The normalized spacial score (nSPS) is 11.9. The van der Waals surface area contributed by atoms with Gasteiger partial charge in [0.2, 0.25) is 5.91 Å². The fourth-order valence-corrected chi connectivity index (χ4v) is 3.84. The van der Waals surface area contributed by atoms with Crippen LogP contribution in [0.4, 0.5) is 5.82 Å². The first kappa shape index (κ1) is 29.9. The molecule has 188 valence electrons. The van der Waals surface area contributed by atoms with Crippen LogP contribution in [0.3, 0.4) is 0 Å². The number of nitrogens with one attached hydrogen (secondary N) is 1. The van der Waals surface area contributed by atoms with E-state index in [4.69, 9.17) is 0 Å². The molecule has 0 atom stereocenters. The van der Waals surface area contributed by atoms with Gasteiger partial charge in [-0.1, -0.05) is 74.0 Å². The minimum atomic E-state index is -0.0822. The summed E-state index contributed by atoms with van der Waals surface area (Å²) < 4.78 is 0. The Morgan fingerprint density at radius 1 is 1.11 bits per heavy atom. The van der Waals surface area contributed by atoms with E-state index in [1.165, 1.54) is 5.57 Å². The summed E-state index contributed by atoms with van der Waals surface area (Å²) in [5.41, 5.74) is 4.09. The number of hydrogen-bond acceptors (Lipinski definition) is 5. The van der Waals surface area contributed by atoms with Crippen LogP contribution in [0.2, 0.25) is 0 Å². The van der Waals surface area contributed by atoms with Gasteiger partial charge in [-0.2, -0.15) is 5.10 Å². The smallest absolute Gasteiger partial charge is 0.229 e. The summed E-state index contributed by atoms with van der Waals surface area (Å²) in [5, 5.41) is 12.0. The largest absolute Gasteiger partial charge is 0.343 e. The van der Waals surface area contributed by atoms with Crippen LogP contribution < -0.4 is 5.32 Å². The van der Waals surface area contributed by atoms with Crippen molar-refractivity contribution >= 4 is 23.5 Å². The van der Waals surface area contributed by atoms with Crippen LogP contribution in [0.15, 0.2) is 95.6 Å². The standard InChI is InChI=1S/C29H40N4OS/c1-9-12-16-26(11-3)21-23(5)33(8)25(7)35-24(6)15-13-14-17-27-18-19-28(32-31-27)30-29(34)20-22(4)10-2/h9-12,16,18-19H,1,5-7,13-15,17,20-21H2,2-4,8H3,(H,30,32,34)/b16-12-,22-10+,26-11+. The van der Waals surface area contributed by atoms with Crippen molar-refractivity contribution in [3.8, 4) is 0 Å². The first-order chi connectivity index (χ1) is 16.7. The maximum absolute atomic E-state index is 11.9. The van der Waals surface area contributed by atoms with Gasteiger partial charge in [-0.15, -0.1) is 5.10 Å². The molecule has 1 N–H and O–H groups in total. The van der Waals surface area contributed by atoms with E-state index in [0.29, 0.717) is 12.2 Å². The predicted molar refractivity (Wildman–Crippen MR) is 153 cm³/mol. The van der Waals surface area contributed by atoms with Gasteiger partial charge >= 0.3 is 0 Å². The van der Waals surface area contributed by atoms with E-state index in [-0.39, 0.29) is 5.91 Å². The Labute approximate surface area is 216 Å². The average molecular weight is 493 g/mol. The van der Waals surface area contributed by atoms with Gasteiger partial charge in [0.05, 0.1) is 10.7 Å². The maximum Gasteiger partial charge on any atom is 0.229 e. The summed E-state index contributed by atoms with van der Waals surface area (Å²) in [6.07, 6.45) is 14.6. The molecule has 5 nitrogen and oxygen atoms in total. The Kier molecular flexibility index (Phi) is 14.1. The fourth-order valence-electron chi connectivity index (χ4n) is 3.00. The van der Waals surface area contributed by atoms with Crippen molar-refractivity contribution in [3.63, 3.8) is 0 Å². The molecular formula is C29H40N4OS. The van der Waals surface area contributed by atoms with Crippen molar-refractivity contribution in [2.24, 2.45) is 0 Å². The van der Waals surface area contributed by atoms with Gasteiger partial charge < -0.3 is 10.2 Å². The second kappa shape index (κ2) is 16.5. The molecule has 1 rings (SSSR count). The Bertz CT molecular complexity index is 986. The van der Waals surface area contributed by atoms with E-state index in [0.717, 1.165) is 59.0 Å². The number of amides is 1. The predicted octanol–water partition coefficient (Wildman–Crippen LogP) is 7.73. The summed E-state index contributed by atoms with van der Waals surface area (Å²) in [6.45, 7) is 22.2. The Balaban J connectivity index is 2.38. The first-order valence-corrected chi connectivity index (χ1v) is 12.7. The summed E-state index contributed by atoms with van der Waals surface area (Å²) >= 11 is 1.60. The number of nitrogens with zero attached hydrogens (tertiary/aromatic N) is 3. The number of anilines is 1. The highest BCUT2D eigenvalue weighted by molar-refractivity contribution is 8.06. The van der Waals surface area contributed by atoms with Gasteiger partial charge in [-0.3, -0.25) is 4.79 Å². The maximum atomic E-state index is 11.9. The topological polar surface area (TPSA) is 58.1 Å². The molecule has 0 fully saturated rings. The highest BCUT2D eigenvalue weighted by atomic mass is 32.2. The lowest BCUT2D eigenvalue weighted by atomic mass is 10.1. The summed E-state index contributed by atoms with van der Waals surface area (Å²) in [6, 6.07) is 3.72. The van der Waals surface area contributed by atoms with E-state index in [1.54, 1.807) is 23.9 Å². The summed E-state index contributed by atoms with van der Waals surface area (Å²) in [5.74, 6) is 0.399. The molecule has 35 heavy (non-hydrogen) atoms. The van der Waals surface area contributed by atoms with E-state index in [1.807, 2.05) is 57.0 Å². The van der Waals surface area contributed by atoms with Crippen molar-refractivity contribution < 1.29 is 4.79 Å². The second-order valence-corrected chi connectivity index (χ2v) is 9.52. The lowest BCUT2D eigenvalue weighted by molar-refractivity contribution is -0.115. The Morgan fingerprint density at radius 2 is 1.86 bits per heavy atom. The third kappa shape index (κ3) is 12.2. The second-order valence-electron chi connectivity index (χ2n) is 8.27. The minimum Gasteiger partial charge on any atom is -0.343 e. The molecule has 1 aromatic rings. The zero-order valence-electron chi connectivity index (χ0n) is 21.8. The third-order valence-corrected chi connectivity index (χ3v) is 6.40. The molecule has 1 aromatic heterocycles. The van der Waals surface area contributed by atoms with E-state index in [2.05, 4.69) is 47.9 Å². The molecule has 6 heteroatoms. The number of unbranched alkanes of at least 4 members (excludes halogenated alkanes) is 1. The summed E-state index contributed by atoms with van der Waals surface area (Å²) in [7, 11) is 1.99. The number of allylic oxidation sites excluding steroid dienone is 7. The SMILES string of the molecule is C=C/C=C\C(=C/C)CC(=C)N(C)C(=C)SC(=C)CCCCc1ccc(NC(=O)C/C(C)=C/C)nn1. The third-order valence-electron chi connectivity index (χ3n) is 5.39. The van der Waals surface area contributed by atoms with Crippen molar-refractivity contribution in [2.75, 3.05) is 12.4 Å². The number of rotatable bonds is 16. The minimum absolute atomic E-state index is 0.0822. The summed E-state index contributed by atoms with van der Waals surface area (Å²) in [4.78, 5) is 15.0. The highest BCUT2D eigenvalue weighted by Gasteiger charge is 2.10. The number of hydrogen-bond donors (Lipinski definition) is 1. The van der Waals surface area contributed by atoms with Crippen LogP contribution in [0.1, 0.15) is 58.6 Å². The molecule has 0 aromatic carbocycles. The number of carbonyl (C=O) groups is 1. The molecular weight excluding hydrogens is 452 g/mol. The number of aryl methyl sites for hydroxylation is 1. The molecule has 0 saturated heterocycles. The van der Waals surface area contributed by atoms with Gasteiger partial charge in [0.1, 0.15) is 0 Å². The molecule has 1 amide bonds. The fraction of sp³-hybridized carbons (Fsp3) is 0.345. The molecule has 0 radical (unpaired) electrons. The molecule has 0 aliphatic carbocycles. The number of thioether (sulfide) groups is 1. The van der Waals surface area contributed by atoms with Crippen molar-refractivity contribution in [1.82, 2.24) is 15.1 Å². The molecule has 0 bridgehead atoms. The van der Waals surface area contributed by atoms with Crippen LogP contribution in [0.5, 0.6) is 0 Å². The van der Waals surface area contributed by atoms with Crippen LogP contribution in [-0.4, -0.2) is 28.1 Å². The van der Waals surface area contributed by atoms with Crippen LogP contribution in [0.25, 0.3) is 0 Å². The molecule has 0 aliphatic rings. The van der Waals surface area contributed by atoms with Gasteiger partial charge in [0, 0.05) is 25.6 Å². The molecule has 1 heterocycles.